The Morgan fingerprint density at radius 1 is 1.56 bits per heavy atom. The van der Waals surface area contributed by atoms with E-state index in [-0.39, 0.29) is 5.60 Å². The summed E-state index contributed by atoms with van der Waals surface area (Å²) in [6.07, 6.45) is 0.937. The molecule has 1 heterocycles. The zero-order valence-electron chi connectivity index (χ0n) is 5.94. The molecule has 1 aliphatic rings. The van der Waals surface area contributed by atoms with Gasteiger partial charge in [-0.15, -0.1) is 0 Å². The van der Waals surface area contributed by atoms with E-state index in [1.165, 1.54) is 0 Å². The molecule has 0 spiro atoms. The normalized spacial score (nSPS) is 24.4. The highest BCUT2D eigenvalue weighted by Crippen LogP contribution is 2.23. The molecule has 1 rings (SSSR count). The molecule has 0 aromatic heterocycles. The van der Waals surface area contributed by atoms with Gasteiger partial charge in [0.25, 0.3) is 5.95 Å². The topological polar surface area (TPSA) is 18.5 Å². The molecule has 2 nitrogen and oxygen atoms in total. The Morgan fingerprint density at radius 2 is 2.22 bits per heavy atom. The molecular weight excluding hydrogens is 116 g/mol. The lowest BCUT2D eigenvalue weighted by Gasteiger charge is -2.31. The summed E-state index contributed by atoms with van der Waals surface area (Å²) < 4.78 is 10.3. The van der Waals surface area contributed by atoms with Crippen LogP contribution < -0.4 is 0 Å². The Kier molecular flexibility index (Phi) is 1.39. The minimum Gasteiger partial charge on any atom is -0.466 e. The fourth-order valence-corrected chi connectivity index (χ4v) is 0.799. The van der Waals surface area contributed by atoms with Crippen LogP contribution in [-0.2, 0) is 9.47 Å². The third-order valence-corrected chi connectivity index (χ3v) is 1.36. The maximum atomic E-state index is 5.26. The molecule has 0 aromatic rings. The Balaban J connectivity index is 2.51. The van der Waals surface area contributed by atoms with E-state index in [1.54, 1.807) is 0 Å². The van der Waals surface area contributed by atoms with Crippen molar-refractivity contribution in [1.29, 1.82) is 0 Å². The van der Waals surface area contributed by atoms with Gasteiger partial charge in [-0.2, -0.15) is 0 Å². The predicted molar refractivity (Wildman–Crippen MR) is 34.9 cm³/mol. The van der Waals surface area contributed by atoms with Crippen molar-refractivity contribution < 1.29 is 9.47 Å². The lowest BCUT2D eigenvalue weighted by molar-refractivity contribution is -0.109. The van der Waals surface area contributed by atoms with Gasteiger partial charge in [0.15, 0.2) is 0 Å². The van der Waals surface area contributed by atoms with Gasteiger partial charge in [0.05, 0.1) is 6.61 Å². The lowest BCUT2D eigenvalue weighted by Crippen LogP contribution is -2.30. The minimum atomic E-state index is -0.0741. The Hall–Kier alpha value is -0.660. The van der Waals surface area contributed by atoms with Gasteiger partial charge >= 0.3 is 0 Å². The average molecular weight is 128 g/mol. The third-order valence-electron chi connectivity index (χ3n) is 1.36. The highest BCUT2D eigenvalue weighted by Gasteiger charge is 2.24. The van der Waals surface area contributed by atoms with Crippen molar-refractivity contribution in [2.45, 2.75) is 25.9 Å². The van der Waals surface area contributed by atoms with Crippen LogP contribution in [0.1, 0.15) is 20.3 Å². The van der Waals surface area contributed by atoms with Crippen molar-refractivity contribution in [3.05, 3.63) is 12.5 Å². The van der Waals surface area contributed by atoms with Gasteiger partial charge in [0, 0.05) is 6.42 Å². The van der Waals surface area contributed by atoms with Gasteiger partial charge in [0.1, 0.15) is 5.60 Å². The minimum absolute atomic E-state index is 0.0741. The molecule has 9 heavy (non-hydrogen) atoms. The van der Waals surface area contributed by atoms with Crippen LogP contribution in [0.25, 0.3) is 0 Å². The summed E-state index contributed by atoms with van der Waals surface area (Å²) in [5.74, 6) is 0.450. The van der Waals surface area contributed by atoms with Crippen LogP contribution in [0.2, 0.25) is 0 Å². The number of rotatable bonds is 0. The summed E-state index contributed by atoms with van der Waals surface area (Å²) in [5.41, 5.74) is -0.0741. The van der Waals surface area contributed by atoms with E-state index in [4.69, 9.17) is 9.47 Å². The quantitative estimate of drug-likeness (QED) is 0.494. The van der Waals surface area contributed by atoms with Crippen LogP contribution >= 0.6 is 0 Å². The Labute approximate surface area is 55.5 Å². The molecule has 0 aromatic carbocycles. The summed E-state index contributed by atoms with van der Waals surface area (Å²) in [5, 5.41) is 0. The summed E-state index contributed by atoms with van der Waals surface area (Å²) in [6, 6.07) is 0. The van der Waals surface area contributed by atoms with Crippen LogP contribution in [0, 0.1) is 0 Å². The average Bonchev–Trinajstić information content (AvgIpc) is 1.60. The zero-order valence-corrected chi connectivity index (χ0v) is 5.94. The second kappa shape index (κ2) is 1.94. The fraction of sp³-hybridized carbons (Fsp3) is 0.714. The van der Waals surface area contributed by atoms with Crippen molar-refractivity contribution in [2.75, 3.05) is 6.61 Å². The second-order valence-corrected chi connectivity index (χ2v) is 2.83. The SMILES string of the molecule is C=C1OCCC(C)(C)O1. The highest BCUT2D eigenvalue weighted by molar-refractivity contribution is 4.82. The van der Waals surface area contributed by atoms with E-state index >= 15 is 0 Å². The van der Waals surface area contributed by atoms with E-state index in [9.17, 15) is 0 Å². The lowest BCUT2D eigenvalue weighted by atomic mass is 10.1. The maximum absolute atomic E-state index is 5.26. The first kappa shape index (κ1) is 6.46. The molecule has 0 aliphatic carbocycles. The van der Waals surface area contributed by atoms with E-state index in [1.807, 2.05) is 13.8 Å². The molecule has 1 aliphatic heterocycles. The molecular formula is C7H12O2. The van der Waals surface area contributed by atoms with Crippen molar-refractivity contribution in [3.8, 4) is 0 Å². The molecule has 0 amide bonds. The number of hydrogen-bond acceptors (Lipinski definition) is 2. The van der Waals surface area contributed by atoms with E-state index in [2.05, 4.69) is 6.58 Å². The molecule has 0 atom stereocenters. The van der Waals surface area contributed by atoms with Gasteiger partial charge in [-0.3, -0.25) is 0 Å². The van der Waals surface area contributed by atoms with Gasteiger partial charge in [0.2, 0.25) is 0 Å². The summed E-state index contributed by atoms with van der Waals surface area (Å²) in [4.78, 5) is 0. The van der Waals surface area contributed by atoms with Crippen LogP contribution in [-0.4, -0.2) is 12.2 Å². The first-order valence-corrected chi connectivity index (χ1v) is 3.11. The number of ether oxygens (including phenoxy) is 2. The molecule has 0 radical (unpaired) electrons. The van der Waals surface area contributed by atoms with Gasteiger partial charge < -0.3 is 9.47 Å². The highest BCUT2D eigenvalue weighted by atomic mass is 16.7. The largest absolute Gasteiger partial charge is 0.466 e. The van der Waals surface area contributed by atoms with E-state index in [0.29, 0.717) is 5.95 Å². The van der Waals surface area contributed by atoms with Gasteiger partial charge in [-0.25, -0.2) is 0 Å². The standard InChI is InChI=1S/C7H12O2/c1-6-8-5-4-7(2,3)9-6/h1,4-5H2,2-3H3. The van der Waals surface area contributed by atoms with Crippen LogP contribution in [0.15, 0.2) is 12.5 Å². The fourth-order valence-electron chi connectivity index (χ4n) is 0.799. The molecule has 0 saturated carbocycles. The summed E-state index contributed by atoms with van der Waals surface area (Å²) >= 11 is 0. The Bertz CT molecular complexity index is 127. The second-order valence-electron chi connectivity index (χ2n) is 2.83. The van der Waals surface area contributed by atoms with E-state index in [0.717, 1.165) is 13.0 Å². The molecule has 52 valence electrons. The first-order valence-electron chi connectivity index (χ1n) is 3.11. The van der Waals surface area contributed by atoms with Crippen LogP contribution in [0.3, 0.4) is 0 Å². The maximum Gasteiger partial charge on any atom is 0.272 e. The van der Waals surface area contributed by atoms with Crippen molar-refractivity contribution in [1.82, 2.24) is 0 Å². The van der Waals surface area contributed by atoms with Crippen molar-refractivity contribution >= 4 is 0 Å². The van der Waals surface area contributed by atoms with Gasteiger partial charge in [-0.05, 0) is 20.4 Å². The molecule has 0 bridgehead atoms. The van der Waals surface area contributed by atoms with Crippen molar-refractivity contribution in [3.63, 3.8) is 0 Å². The monoisotopic (exact) mass is 128 g/mol. The molecule has 1 saturated heterocycles. The Morgan fingerprint density at radius 3 is 2.56 bits per heavy atom. The van der Waals surface area contributed by atoms with Crippen LogP contribution in [0.4, 0.5) is 0 Å². The van der Waals surface area contributed by atoms with E-state index < -0.39 is 0 Å². The summed E-state index contributed by atoms with van der Waals surface area (Å²) in [7, 11) is 0. The smallest absolute Gasteiger partial charge is 0.272 e. The molecule has 1 fully saturated rings. The number of hydrogen-bond donors (Lipinski definition) is 0. The van der Waals surface area contributed by atoms with Crippen LogP contribution in [0.5, 0.6) is 0 Å². The third kappa shape index (κ3) is 1.63. The summed E-state index contributed by atoms with van der Waals surface area (Å²) in [6.45, 7) is 8.35. The van der Waals surface area contributed by atoms with Gasteiger partial charge in [-0.1, -0.05) is 0 Å². The molecule has 2 heteroatoms. The van der Waals surface area contributed by atoms with Crippen molar-refractivity contribution in [2.24, 2.45) is 0 Å². The first-order chi connectivity index (χ1) is 4.10. The predicted octanol–water partition coefficient (Wildman–Crippen LogP) is 1.67. The molecule has 0 unspecified atom stereocenters. The molecule has 0 N–H and O–H groups in total. The zero-order chi connectivity index (χ0) is 6.91.